The van der Waals surface area contributed by atoms with Crippen molar-refractivity contribution in [2.24, 2.45) is 11.3 Å². The van der Waals surface area contributed by atoms with Crippen LogP contribution in [0.2, 0.25) is 0 Å². The molecule has 0 radical (unpaired) electrons. The van der Waals surface area contributed by atoms with Crippen molar-refractivity contribution in [3.63, 3.8) is 0 Å². The fraction of sp³-hybridized carbons (Fsp3) is 0.917. The Morgan fingerprint density at radius 1 is 1.43 bits per heavy atom. The van der Waals surface area contributed by atoms with E-state index < -0.39 is 0 Å². The normalized spacial score (nSPS) is 17.5. The van der Waals surface area contributed by atoms with Crippen LogP contribution >= 0.6 is 0 Å². The highest BCUT2D eigenvalue weighted by Crippen LogP contribution is 2.41. The molecular formula is C12H22N2. The van der Waals surface area contributed by atoms with E-state index in [2.05, 4.69) is 25.2 Å². The molecule has 80 valence electrons. The van der Waals surface area contributed by atoms with Crippen LogP contribution in [0.3, 0.4) is 0 Å². The number of hydrogen-bond acceptors (Lipinski definition) is 2. The quantitative estimate of drug-likeness (QED) is 0.660. The van der Waals surface area contributed by atoms with Crippen LogP contribution in [0, 0.1) is 22.7 Å². The van der Waals surface area contributed by atoms with Gasteiger partial charge in [0.25, 0.3) is 0 Å². The van der Waals surface area contributed by atoms with Crippen molar-refractivity contribution in [3.05, 3.63) is 0 Å². The maximum Gasteiger partial charge on any atom is 0.0622 e. The van der Waals surface area contributed by atoms with E-state index in [0.717, 1.165) is 25.4 Å². The molecule has 2 heteroatoms. The Balaban J connectivity index is 2.07. The molecule has 0 saturated heterocycles. The molecule has 1 aliphatic rings. The Kier molecular flexibility index (Phi) is 4.41. The SMILES string of the molecule is CC(C)(CNCCCC#N)C1CCC1. The fourth-order valence-electron chi connectivity index (χ4n) is 2.04. The van der Waals surface area contributed by atoms with Crippen LogP contribution in [-0.4, -0.2) is 13.1 Å². The number of nitrogens with zero attached hydrogens (tertiary/aromatic N) is 1. The minimum Gasteiger partial charge on any atom is -0.316 e. The Hall–Kier alpha value is -0.550. The van der Waals surface area contributed by atoms with Gasteiger partial charge in [-0.15, -0.1) is 0 Å². The Morgan fingerprint density at radius 3 is 2.64 bits per heavy atom. The molecule has 0 atom stereocenters. The van der Waals surface area contributed by atoms with Crippen molar-refractivity contribution in [2.45, 2.75) is 46.0 Å². The summed E-state index contributed by atoms with van der Waals surface area (Å²) in [4.78, 5) is 0. The number of hydrogen-bond donors (Lipinski definition) is 1. The van der Waals surface area contributed by atoms with Crippen molar-refractivity contribution >= 4 is 0 Å². The van der Waals surface area contributed by atoms with Gasteiger partial charge >= 0.3 is 0 Å². The highest BCUT2D eigenvalue weighted by Gasteiger charge is 2.33. The first-order valence-electron chi connectivity index (χ1n) is 5.74. The molecule has 14 heavy (non-hydrogen) atoms. The van der Waals surface area contributed by atoms with Crippen LogP contribution in [0.4, 0.5) is 0 Å². The van der Waals surface area contributed by atoms with Gasteiger partial charge in [0.15, 0.2) is 0 Å². The lowest BCUT2D eigenvalue weighted by Gasteiger charge is -2.40. The number of rotatable bonds is 6. The van der Waals surface area contributed by atoms with Crippen LogP contribution < -0.4 is 5.32 Å². The molecule has 0 aliphatic heterocycles. The molecular weight excluding hydrogens is 172 g/mol. The van der Waals surface area contributed by atoms with E-state index in [1.807, 2.05) is 0 Å². The van der Waals surface area contributed by atoms with Gasteiger partial charge in [-0.2, -0.15) is 5.26 Å². The summed E-state index contributed by atoms with van der Waals surface area (Å²) in [6.07, 6.45) is 5.90. The van der Waals surface area contributed by atoms with Gasteiger partial charge in [-0.05, 0) is 37.1 Å². The first kappa shape index (κ1) is 11.5. The molecule has 0 unspecified atom stereocenters. The summed E-state index contributed by atoms with van der Waals surface area (Å²) >= 11 is 0. The maximum atomic E-state index is 8.38. The van der Waals surface area contributed by atoms with Crippen molar-refractivity contribution < 1.29 is 0 Å². The second-order valence-electron chi connectivity index (χ2n) is 5.05. The minimum atomic E-state index is 0.449. The second kappa shape index (κ2) is 5.36. The smallest absolute Gasteiger partial charge is 0.0622 e. The van der Waals surface area contributed by atoms with Gasteiger partial charge in [0.05, 0.1) is 6.07 Å². The zero-order valence-corrected chi connectivity index (χ0v) is 9.47. The fourth-order valence-corrected chi connectivity index (χ4v) is 2.04. The van der Waals surface area contributed by atoms with Gasteiger partial charge in [0.2, 0.25) is 0 Å². The number of unbranched alkanes of at least 4 members (excludes halogenated alkanes) is 1. The van der Waals surface area contributed by atoms with E-state index in [-0.39, 0.29) is 0 Å². The van der Waals surface area contributed by atoms with Crippen LogP contribution in [-0.2, 0) is 0 Å². The Morgan fingerprint density at radius 2 is 2.14 bits per heavy atom. The van der Waals surface area contributed by atoms with Crippen LogP contribution in [0.5, 0.6) is 0 Å². The van der Waals surface area contributed by atoms with Crippen molar-refractivity contribution in [2.75, 3.05) is 13.1 Å². The van der Waals surface area contributed by atoms with Gasteiger partial charge in [0.1, 0.15) is 0 Å². The highest BCUT2D eigenvalue weighted by atomic mass is 14.9. The molecule has 0 aromatic heterocycles. The van der Waals surface area contributed by atoms with Gasteiger partial charge < -0.3 is 5.32 Å². The van der Waals surface area contributed by atoms with Crippen LogP contribution in [0.1, 0.15) is 46.0 Å². The first-order valence-corrected chi connectivity index (χ1v) is 5.74. The largest absolute Gasteiger partial charge is 0.316 e. The zero-order valence-electron chi connectivity index (χ0n) is 9.47. The minimum absolute atomic E-state index is 0.449. The molecule has 0 heterocycles. The molecule has 1 rings (SSSR count). The summed E-state index contributed by atoms with van der Waals surface area (Å²) in [5.41, 5.74) is 0.449. The average molecular weight is 194 g/mol. The number of nitriles is 1. The van der Waals surface area contributed by atoms with Gasteiger partial charge in [0, 0.05) is 13.0 Å². The summed E-state index contributed by atoms with van der Waals surface area (Å²) in [5.74, 6) is 0.922. The Bertz CT molecular complexity index is 199. The van der Waals surface area contributed by atoms with Crippen molar-refractivity contribution in [1.29, 1.82) is 5.26 Å². The van der Waals surface area contributed by atoms with E-state index in [0.29, 0.717) is 11.8 Å². The van der Waals surface area contributed by atoms with Gasteiger partial charge in [-0.25, -0.2) is 0 Å². The summed E-state index contributed by atoms with van der Waals surface area (Å²) in [7, 11) is 0. The molecule has 0 spiro atoms. The highest BCUT2D eigenvalue weighted by molar-refractivity contribution is 4.85. The molecule has 0 aromatic carbocycles. The predicted molar refractivity (Wildman–Crippen MR) is 58.8 cm³/mol. The Labute approximate surface area is 87.7 Å². The van der Waals surface area contributed by atoms with Crippen molar-refractivity contribution in [3.8, 4) is 6.07 Å². The molecule has 1 fully saturated rings. The molecule has 0 aromatic rings. The molecule has 0 bridgehead atoms. The van der Waals surface area contributed by atoms with Crippen molar-refractivity contribution in [1.82, 2.24) is 5.32 Å². The molecule has 2 nitrogen and oxygen atoms in total. The van der Waals surface area contributed by atoms with E-state index in [4.69, 9.17) is 5.26 Å². The summed E-state index contributed by atoms with van der Waals surface area (Å²) < 4.78 is 0. The van der Waals surface area contributed by atoms with Gasteiger partial charge in [-0.1, -0.05) is 20.3 Å². The van der Waals surface area contributed by atoms with E-state index in [1.165, 1.54) is 19.3 Å². The molecule has 1 aliphatic carbocycles. The lowest BCUT2D eigenvalue weighted by molar-refractivity contribution is 0.119. The standard InChI is InChI=1S/C12H22N2/c1-12(2,11-6-5-7-11)10-14-9-4-3-8-13/h11,14H,3-7,9-10H2,1-2H3. The van der Waals surface area contributed by atoms with Gasteiger partial charge in [-0.3, -0.25) is 0 Å². The maximum absolute atomic E-state index is 8.38. The lowest BCUT2D eigenvalue weighted by atomic mass is 9.67. The third-order valence-corrected chi connectivity index (χ3v) is 3.43. The van der Waals surface area contributed by atoms with Crippen LogP contribution in [0.15, 0.2) is 0 Å². The monoisotopic (exact) mass is 194 g/mol. The summed E-state index contributed by atoms with van der Waals surface area (Å²) in [6.45, 7) is 6.80. The lowest BCUT2D eigenvalue weighted by Crippen LogP contribution is -2.39. The summed E-state index contributed by atoms with van der Waals surface area (Å²) in [6, 6.07) is 2.17. The van der Waals surface area contributed by atoms with E-state index in [9.17, 15) is 0 Å². The summed E-state index contributed by atoms with van der Waals surface area (Å²) in [5, 5.41) is 11.8. The molecule has 1 saturated carbocycles. The third-order valence-electron chi connectivity index (χ3n) is 3.43. The molecule has 0 amide bonds. The van der Waals surface area contributed by atoms with Crippen LogP contribution in [0.25, 0.3) is 0 Å². The number of nitrogens with one attached hydrogen (secondary N) is 1. The predicted octanol–water partition coefficient (Wildman–Crippen LogP) is 2.71. The second-order valence-corrected chi connectivity index (χ2v) is 5.05. The molecule has 1 N–H and O–H groups in total. The first-order chi connectivity index (χ1) is 6.67. The average Bonchev–Trinajstić information content (AvgIpc) is 1.99. The third kappa shape index (κ3) is 3.31. The van der Waals surface area contributed by atoms with E-state index in [1.54, 1.807) is 0 Å². The topological polar surface area (TPSA) is 35.8 Å². The van der Waals surface area contributed by atoms with E-state index >= 15 is 0 Å². The zero-order chi connectivity index (χ0) is 10.4.